The van der Waals surface area contributed by atoms with Crippen molar-refractivity contribution in [2.45, 2.75) is 32.4 Å². The minimum Gasteiger partial charge on any atom is -0.466 e. The van der Waals surface area contributed by atoms with Gasteiger partial charge < -0.3 is 13.9 Å². The van der Waals surface area contributed by atoms with Crippen LogP contribution in [0.15, 0.2) is 73.3 Å². The molecule has 12 heteroatoms. The molecule has 2 aromatic heterocycles. The van der Waals surface area contributed by atoms with Crippen LogP contribution in [0.25, 0.3) is 0 Å². The largest absolute Gasteiger partial charge is 0.466 e. The van der Waals surface area contributed by atoms with Crippen LogP contribution in [-0.2, 0) is 16.1 Å². The van der Waals surface area contributed by atoms with Gasteiger partial charge in [-0.2, -0.15) is 0 Å². The number of ether oxygens (including phenoxy) is 1. The summed E-state index contributed by atoms with van der Waals surface area (Å²) in [6, 6.07) is 17.1. The Morgan fingerprint density at radius 2 is 1.38 bits per heavy atom. The van der Waals surface area contributed by atoms with E-state index < -0.39 is 6.04 Å². The molecule has 1 unspecified atom stereocenters. The fourth-order valence-electron chi connectivity index (χ4n) is 3.54. The van der Waals surface area contributed by atoms with E-state index in [1.54, 1.807) is 43.3 Å². The zero-order valence-corrected chi connectivity index (χ0v) is 23.8. The maximum absolute atomic E-state index is 12.8. The van der Waals surface area contributed by atoms with E-state index in [4.69, 9.17) is 51.1 Å². The zero-order valence-electron chi connectivity index (χ0n) is 20.8. The van der Waals surface area contributed by atoms with Crippen molar-refractivity contribution in [3.05, 3.63) is 105 Å². The van der Waals surface area contributed by atoms with E-state index in [-0.39, 0.29) is 57.5 Å². The summed E-state index contributed by atoms with van der Waals surface area (Å²) in [4.78, 5) is 43.9. The average Bonchev–Trinajstić information content (AvgIpc) is 3.45. The first-order valence-electron chi connectivity index (χ1n) is 11.8. The number of esters is 1. The van der Waals surface area contributed by atoms with E-state index in [1.807, 2.05) is 24.3 Å². The fourth-order valence-corrected chi connectivity index (χ4v) is 4.20. The van der Waals surface area contributed by atoms with Gasteiger partial charge in [0.1, 0.15) is 10.3 Å². The number of carbonyl (C=O) groups is 3. The van der Waals surface area contributed by atoms with Crippen molar-refractivity contribution in [1.29, 1.82) is 0 Å². The molecule has 0 aliphatic heterocycles. The number of carbonyl (C=O) groups excluding carboxylic acids is 3. The predicted octanol–water partition coefficient (Wildman–Crippen LogP) is 7.03. The molecule has 0 saturated carbocycles. The number of hydrogen-bond acceptors (Lipinski definition) is 6. The highest BCUT2D eigenvalue weighted by molar-refractivity contribution is 6.41. The van der Waals surface area contributed by atoms with Gasteiger partial charge in [0.05, 0.1) is 31.8 Å². The van der Waals surface area contributed by atoms with Crippen LogP contribution >= 0.6 is 46.4 Å². The molecule has 4 aromatic rings. The Morgan fingerprint density at radius 1 is 0.821 bits per heavy atom. The van der Waals surface area contributed by atoms with Gasteiger partial charge in [0, 0.05) is 17.5 Å². The zero-order chi connectivity index (χ0) is 28.4. The predicted molar refractivity (Wildman–Crippen MR) is 151 cm³/mol. The molecule has 0 aliphatic carbocycles. The van der Waals surface area contributed by atoms with E-state index in [2.05, 4.69) is 9.97 Å². The summed E-state index contributed by atoms with van der Waals surface area (Å²) in [5.74, 6) is -0.553. The minimum atomic E-state index is -0.672. The Kier molecular flexibility index (Phi) is 11.6. The summed E-state index contributed by atoms with van der Waals surface area (Å²) in [7, 11) is 0. The second kappa shape index (κ2) is 14.8. The van der Waals surface area contributed by atoms with Gasteiger partial charge in [0.2, 0.25) is 0 Å². The molecular weight excluding hydrogens is 586 g/mol. The average molecular weight is 610 g/mol. The number of aromatic nitrogens is 4. The maximum atomic E-state index is 12.8. The Morgan fingerprint density at radius 3 is 1.90 bits per heavy atom. The highest BCUT2D eigenvalue weighted by Crippen LogP contribution is 2.28. The number of nitrogens with zero attached hydrogens (tertiary/aromatic N) is 4. The van der Waals surface area contributed by atoms with E-state index in [0.29, 0.717) is 17.7 Å². The summed E-state index contributed by atoms with van der Waals surface area (Å²) in [6.45, 7) is 2.17. The molecule has 0 spiro atoms. The van der Waals surface area contributed by atoms with Crippen molar-refractivity contribution >= 4 is 63.9 Å². The third kappa shape index (κ3) is 8.41. The first-order chi connectivity index (χ1) is 18.7. The molecule has 0 saturated heterocycles. The number of rotatable bonds is 10. The van der Waals surface area contributed by atoms with Crippen LogP contribution in [-0.4, -0.2) is 43.2 Å². The normalized spacial score (nSPS) is 11.3. The Labute approximate surface area is 245 Å². The number of Topliss-reactive ketones (excluding diaryl/α,β-unsaturated/α-hetero) is 2. The Hall–Kier alpha value is -3.17. The lowest BCUT2D eigenvalue weighted by molar-refractivity contribution is -0.143. The molecule has 2 aromatic carbocycles. The van der Waals surface area contributed by atoms with Crippen molar-refractivity contribution in [2.75, 3.05) is 6.61 Å². The van der Waals surface area contributed by atoms with Gasteiger partial charge in [-0.15, -0.1) is 0 Å². The van der Waals surface area contributed by atoms with Crippen LogP contribution in [0.2, 0.25) is 20.6 Å². The van der Waals surface area contributed by atoms with Crippen molar-refractivity contribution < 1.29 is 19.1 Å². The number of halogens is 4. The third-order valence-corrected chi connectivity index (χ3v) is 6.98. The fraction of sp³-hybridized carbons (Fsp3) is 0.222. The molecule has 0 amide bonds. The first kappa shape index (κ1) is 30.4. The highest BCUT2D eigenvalue weighted by atomic mass is 35.5. The molecule has 0 N–H and O–H groups in total. The lowest BCUT2D eigenvalue weighted by atomic mass is 10.00. The number of benzene rings is 2. The highest BCUT2D eigenvalue weighted by Gasteiger charge is 2.26. The molecule has 0 fully saturated rings. The molecule has 2 heterocycles. The van der Waals surface area contributed by atoms with Crippen LogP contribution in [0.4, 0.5) is 0 Å². The van der Waals surface area contributed by atoms with Gasteiger partial charge in [-0.05, 0) is 13.3 Å². The smallest absolute Gasteiger partial charge is 0.305 e. The minimum absolute atomic E-state index is 0.0310. The number of ketones is 2. The lowest BCUT2D eigenvalue weighted by Crippen LogP contribution is -2.21. The summed E-state index contributed by atoms with van der Waals surface area (Å²) < 4.78 is 7.91. The van der Waals surface area contributed by atoms with Crippen LogP contribution in [0.3, 0.4) is 0 Å². The third-order valence-electron chi connectivity index (χ3n) is 5.46. The van der Waals surface area contributed by atoms with Gasteiger partial charge in [0.25, 0.3) is 0 Å². The summed E-state index contributed by atoms with van der Waals surface area (Å²) in [6.07, 6.45) is 3.20. The van der Waals surface area contributed by atoms with Crippen LogP contribution in [0.1, 0.15) is 46.5 Å². The Balaban J connectivity index is 0.000000230. The van der Waals surface area contributed by atoms with Gasteiger partial charge >= 0.3 is 5.97 Å². The molecule has 4 rings (SSSR count). The van der Waals surface area contributed by atoms with E-state index in [9.17, 15) is 14.4 Å². The number of hydrogen-bond donors (Lipinski definition) is 0. The second-order valence-electron chi connectivity index (χ2n) is 8.07. The van der Waals surface area contributed by atoms with Gasteiger partial charge in [0.15, 0.2) is 21.9 Å². The van der Waals surface area contributed by atoms with Crippen LogP contribution < -0.4 is 0 Å². The topological polar surface area (TPSA) is 96.1 Å². The Bertz CT molecular complexity index is 1410. The first-order valence-corrected chi connectivity index (χ1v) is 13.3. The quantitative estimate of drug-likeness (QED) is 0.141. The van der Waals surface area contributed by atoms with E-state index in [0.717, 1.165) is 0 Å². The van der Waals surface area contributed by atoms with Gasteiger partial charge in [-0.3, -0.25) is 14.4 Å². The van der Waals surface area contributed by atoms with Crippen molar-refractivity contribution in [2.24, 2.45) is 0 Å². The summed E-state index contributed by atoms with van der Waals surface area (Å²) in [5.41, 5.74) is 1.17. The summed E-state index contributed by atoms with van der Waals surface area (Å²) in [5, 5.41) is 0.784. The number of imidazole rings is 2. The molecule has 0 aliphatic rings. The SMILES string of the molecule is CCOC(=O)CCC(C(=O)c1ccccc1)n1cnc(Cl)c1Cl.O=C(Cn1cnc(Cl)c1Cl)c1ccccc1. The second-order valence-corrected chi connectivity index (χ2v) is 9.50. The van der Waals surface area contributed by atoms with E-state index >= 15 is 0 Å². The molecular formula is C27H24Cl4N4O4. The van der Waals surface area contributed by atoms with Gasteiger partial charge in [-0.25, -0.2) is 9.97 Å². The molecule has 39 heavy (non-hydrogen) atoms. The van der Waals surface area contributed by atoms with E-state index in [1.165, 1.54) is 21.8 Å². The van der Waals surface area contributed by atoms with Gasteiger partial charge in [-0.1, -0.05) is 107 Å². The molecule has 0 radical (unpaired) electrons. The monoisotopic (exact) mass is 608 g/mol. The molecule has 204 valence electrons. The lowest BCUT2D eigenvalue weighted by Gasteiger charge is -2.18. The standard InChI is InChI=1S/C16H16Cl2N2O3.C11H8Cl2N2O/c1-2-23-13(21)9-8-12(20-10-19-15(17)16(20)18)14(22)11-6-4-3-5-7-11;12-10-11(13)15(7-14-10)6-9(16)8-4-2-1-3-5-8/h3-7,10,12H,2,8-9H2,1H3;1-5,7H,6H2. The van der Waals surface area contributed by atoms with Crippen molar-refractivity contribution in [3.8, 4) is 0 Å². The molecule has 0 bridgehead atoms. The summed E-state index contributed by atoms with van der Waals surface area (Å²) >= 11 is 23.5. The van der Waals surface area contributed by atoms with Crippen molar-refractivity contribution in [3.63, 3.8) is 0 Å². The van der Waals surface area contributed by atoms with Crippen molar-refractivity contribution in [1.82, 2.24) is 19.1 Å². The molecule has 8 nitrogen and oxygen atoms in total. The molecule has 1 atom stereocenters. The van der Waals surface area contributed by atoms with Crippen LogP contribution in [0.5, 0.6) is 0 Å². The maximum Gasteiger partial charge on any atom is 0.305 e. The van der Waals surface area contributed by atoms with Crippen LogP contribution in [0, 0.1) is 0 Å².